The van der Waals surface area contributed by atoms with Crippen LogP contribution in [0.3, 0.4) is 0 Å². The summed E-state index contributed by atoms with van der Waals surface area (Å²) in [5.41, 5.74) is 1.89. The van der Waals surface area contributed by atoms with Crippen molar-refractivity contribution >= 4 is 30.6 Å². The normalized spacial score (nSPS) is 21.0. The number of phosphoric acid groups is 1. The SMILES string of the molecule is CCCCc1ccc(Nc2nc3c(ncn3C3CC(O)C(COP(=O)(O)O)O3)c(=O)[nH]2)cc1. The van der Waals surface area contributed by atoms with Crippen molar-refractivity contribution < 1.29 is 28.7 Å². The lowest BCUT2D eigenvalue weighted by Gasteiger charge is -2.16. The molecule has 0 amide bonds. The van der Waals surface area contributed by atoms with Gasteiger partial charge in [0, 0.05) is 12.1 Å². The average molecular weight is 479 g/mol. The number of aromatic nitrogens is 4. The van der Waals surface area contributed by atoms with Crippen molar-refractivity contribution in [2.45, 2.75) is 51.0 Å². The number of phosphoric ester groups is 1. The third kappa shape index (κ3) is 5.67. The number of nitrogens with zero attached hydrogens (tertiary/aromatic N) is 3. The molecule has 3 atom stereocenters. The van der Waals surface area contributed by atoms with Crippen molar-refractivity contribution in [2.75, 3.05) is 11.9 Å². The summed E-state index contributed by atoms with van der Waals surface area (Å²) in [6.45, 7) is 1.66. The van der Waals surface area contributed by atoms with E-state index in [1.165, 1.54) is 16.5 Å². The minimum atomic E-state index is -4.70. The summed E-state index contributed by atoms with van der Waals surface area (Å²) in [5, 5.41) is 13.3. The number of fused-ring (bicyclic) bond motifs is 1. The molecular weight excluding hydrogens is 453 g/mol. The van der Waals surface area contributed by atoms with Gasteiger partial charge < -0.3 is 24.9 Å². The van der Waals surface area contributed by atoms with E-state index in [4.69, 9.17) is 14.5 Å². The standard InChI is InChI=1S/C20H26N5O7P/c1-2-3-4-12-5-7-13(8-6-12)22-20-23-18-17(19(27)24-20)21-11-25(18)16-9-14(26)15(32-16)10-31-33(28,29)30/h5-8,11,14-16,26H,2-4,9-10H2,1H3,(H2,28,29,30)(H2,22,23,24,27). The summed E-state index contributed by atoms with van der Waals surface area (Å²) >= 11 is 0. The lowest BCUT2D eigenvalue weighted by Crippen LogP contribution is -2.25. The van der Waals surface area contributed by atoms with Gasteiger partial charge in [-0.1, -0.05) is 25.5 Å². The van der Waals surface area contributed by atoms with Gasteiger partial charge in [-0.25, -0.2) is 9.55 Å². The number of benzene rings is 1. The lowest BCUT2D eigenvalue weighted by atomic mass is 10.1. The van der Waals surface area contributed by atoms with Crippen LogP contribution >= 0.6 is 7.82 Å². The van der Waals surface area contributed by atoms with Crippen LogP contribution in [0.15, 0.2) is 35.4 Å². The van der Waals surface area contributed by atoms with Crippen LogP contribution in [0, 0.1) is 0 Å². The second-order valence-electron chi connectivity index (χ2n) is 7.88. The highest BCUT2D eigenvalue weighted by molar-refractivity contribution is 7.46. The maximum absolute atomic E-state index is 12.5. The topological polar surface area (TPSA) is 172 Å². The fourth-order valence-corrected chi connectivity index (χ4v) is 4.02. The number of aryl methyl sites for hydroxylation is 1. The van der Waals surface area contributed by atoms with Crippen LogP contribution in [0.2, 0.25) is 0 Å². The zero-order chi connectivity index (χ0) is 23.6. The molecule has 1 aliphatic heterocycles. The van der Waals surface area contributed by atoms with Crippen LogP contribution in [0.1, 0.15) is 38.0 Å². The zero-order valence-electron chi connectivity index (χ0n) is 17.9. The van der Waals surface area contributed by atoms with Gasteiger partial charge in [-0.3, -0.25) is 18.9 Å². The minimum Gasteiger partial charge on any atom is -0.390 e. The first kappa shape index (κ1) is 23.6. The van der Waals surface area contributed by atoms with Gasteiger partial charge in [0.15, 0.2) is 11.2 Å². The van der Waals surface area contributed by atoms with Crippen LogP contribution in [0.5, 0.6) is 0 Å². The summed E-state index contributed by atoms with van der Waals surface area (Å²) in [4.78, 5) is 41.5. The smallest absolute Gasteiger partial charge is 0.390 e. The second-order valence-corrected chi connectivity index (χ2v) is 9.12. The number of unbranched alkanes of at least 4 members (excludes halogenated alkanes) is 1. The Bertz CT molecular complexity index is 1210. The third-order valence-corrected chi connectivity index (χ3v) is 5.87. The summed E-state index contributed by atoms with van der Waals surface area (Å²) in [5.74, 6) is 0.218. The Labute approximate surface area is 188 Å². The second kappa shape index (κ2) is 9.72. The maximum atomic E-state index is 12.5. The molecule has 0 radical (unpaired) electrons. The molecule has 1 aromatic carbocycles. The molecule has 5 N–H and O–H groups in total. The highest BCUT2D eigenvalue weighted by Gasteiger charge is 2.37. The molecule has 13 heteroatoms. The quantitative estimate of drug-likeness (QED) is 0.286. The van der Waals surface area contributed by atoms with Crippen molar-refractivity contribution in [3.63, 3.8) is 0 Å². The van der Waals surface area contributed by atoms with E-state index < -0.39 is 38.4 Å². The van der Waals surface area contributed by atoms with E-state index in [1.807, 2.05) is 24.3 Å². The van der Waals surface area contributed by atoms with Gasteiger partial charge in [0.25, 0.3) is 5.56 Å². The molecule has 33 heavy (non-hydrogen) atoms. The maximum Gasteiger partial charge on any atom is 0.469 e. The Morgan fingerprint density at radius 3 is 2.79 bits per heavy atom. The molecule has 3 heterocycles. The van der Waals surface area contributed by atoms with Crippen molar-refractivity contribution in [1.82, 2.24) is 19.5 Å². The third-order valence-electron chi connectivity index (χ3n) is 5.39. The number of H-pyrrole nitrogens is 1. The first-order chi connectivity index (χ1) is 15.7. The Kier molecular flexibility index (Phi) is 6.94. The highest BCUT2D eigenvalue weighted by atomic mass is 31.2. The number of rotatable bonds is 9. The van der Waals surface area contributed by atoms with E-state index in [2.05, 4.69) is 31.7 Å². The van der Waals surface area contributed by atoms with E-state index in [9.17, 15) is 14.5 Å². The number of anilines is 2. The largest absolute Gasteiger partial charge is 0.469 e. The van der Waals surface area contributed by atoms with Crippen molar-refractivity contribution in [2.24, 2.45) is 0 Å². The van der Waals surface area contributed by atoms with Gasteiger partial charge in [0.1, 0.15) is 12.3 Å². The first-order valence-corrected chi connectivity index (χ1v) is 12.1. The predicted octanol–water partition coefficient (Wildman–Crippen LogP) is 1.96. The summed E-state index contributed by atoms with van der Waals surface area (Å²) in [6, 6.07) is 7.86. The average Bonchev–Trinajstić information content (AvgIpc) is 3.35. The van der Waals surface area contributed by atoms with Crippen molar-refractivity contribution in [3.05, 3.63) is 46.5 Å². The molecule has 0 aliphatic carbocycles. The number of aliphatic hydroxyl groups is 1. The Hall–Kier alpha value is -2.60. The number of aromatic amines is 1. The van der Waals surface area contributed by atoms with E-state index in [-0.39, 0.29) is 23.5 Å². The van der Waals surface area contributed by atoms with E-state index in [0.717, 1.165) is 24.9 Å². The van der Waals surface area contributed by atoms with Crippen LogP contribution < -0.4 is 10.9 Å². The number of hydrogen-bond donors (Lipinski definition) is 5. The molecule has 178 valence electrons. The molecule has 3 unspecified atom stereocenters. The van der Waals surface area contributed by atoms with Crippen LogP contribution in [-0.2, 0) is 20.2 Å². The number of nitrogens with one attached hydrogen (secondary N) is 2. The monoisotopic (exact) mass is 479 g/mol. The van der Waals surface area contributed by atoms with Crippen molar-refractivity contribution in [3.8, 4) is 0 Å². The highest BCUT2D eigenvalue weighted by Crippen LogP contribution is 2.38. The summed E-state index contributed by atoms with van der Waals surface area (Å²) < 4.78 is 22.6. The summed E-state index contributed by atoms with van der Waals surface area (Å²) in [6.07, 6.45) is 2.01. The number of aliphatic hydroxyl groups excluding tert-OH is 1. The van der Waals surface area contributed by atoms with E-state index in [0.29, 0.717) is 0 Å². The molecule has 2 aromatic heterocycles. The number of imidazole rings is 1. The van der Waals surface area contributed by atoms with E-state index >= 15 is 0 Å². The molecule has 1 fully saturated rings. The van der Waals surface area contributed by atoms with Crippen LogP contribution in [0.4, 0.5) is 11.6 Å². The molecular formula is C20H26N5O7P. The first-order valence-electron chi connectivity index (χ1n) is 10.6. The van der Waals surface area contributed by atoms with Crippen LogP contribution in [0.25, 0.3) is 11.2 Å². The molecule has 0 bridgehead atoms. The number of ether oxygens (including phenoxy) is 1. The molecule has 1 saturated heterocycles. The fourth-order valence-electron chi connectivity index (χ4n) is 3.67. The molecule has 1 aliphatic rings. The fraction of sp³-hybridized carbons (Fsp3) is 0.450. The number of hydrogen-bond acceptors (Lipinski definition) is 8. The molecule has 0 saturated carbocycles. The van der Waals surface area contributed by atoms with Gasteiger partial charge >= 0.3 is 7.82 Å². The predicted molar refractivity (Wildman–Crippen MR) is 119 cm³/mol. The summed E-state index contributed by atoms with van der Waals surface area (Å²) in [7, 11) is -4.70. The Morgan fingerprint density at radius 1 is 1.33 bits per heavy atom. The molecule has 12 nitrogen and oxygen atoms in total. The molecule has 4 rings (SSSR count). The van der Waals surface area contributed by atoms with Gasteiger partial charge in [0.2, 0.25) is 5.95 Å². The van der Waals surface area contributed by atoms with E-state index in [1.54, 1.807) is 0 Å². The Morgan fingerprint density at radius 2 is 2.09 bits per heavy atom. The minimum absolute atomic E-state index is 0.100. The van der Waals surface area contributed by atoms with Gasteiger partial charge in [-0.2, -0.15) is 4.98 Å². The zero-order valence-corrected chi connectivity index (χ0v) is 18.8. The van der Waals surface area contributed by atoms with Crippen LogP contribution in [-0.4, -0.2) is 53.2 Å². The van der Waals surface area contributed by atoms with Gasteiger partial charge in [-0.15, -0.1) is 0 Å². The van der Waals surface area contributed by atoms with Gasteiger partial charge in [-0.05, 0) is 30.5 Å². The molecule has 0 spiro atoms. The molecule has 3 aromatic rings. The van der Waals surface area contributed by atoms with Gasteiger partial charge in [0.05, 0.1) is 19.0 Å². The Balaban J connectivity index is 1.53. The van der Waals surface area contributed by atoms with Crippen molar-refractivity contribution in [1.29, 1.82) is 0 Å². The lowest BCUT2D eigenvalue weighted by molar-refractivity contribution is -0.0424.